The minimum atomic E-state index is -0.705. The fourth-order valence-electron chi connectivity index (χ4n) is 9.02. The largest absolute Gasteiger partial charge is 0.508 e. The highest BCUT2D eigenvalue weighted by Crippen LogP contribution is 2.20. The van der Waals surface area contributed by atoms with Crippen molar-refractivity contribution in [2.75, 3.05) is 39.5 Å². The molecule has 79 heavy (non-hydrogen) atoms. The van der Waals surface area contributed by atoms with Crippen molar-refractivity contribution in [1.29, 1.82) is 0 Å². The summed E-state index contributed by atoms with van der Waals surface area (Å²) < 4.78 is 40.8. The highest BCUT2D eigenvalue weighted by atomic mass is 16.7. The van der Waals surface area contributed by atoms with Crippen molar-refractivity contribution in [2.45, 2.75) is 306 Å². The number of carbonyl (C=O) groups is 4. The van der Waals surface area contributed by atoms with Gasteiger partial charge in [-0.05, 0) is 125 Å². The first kappa shape index (κ1) is 75.3. The molecule has 0 spiro atoms. The molecule has 0 saturated heterocycles. The van der Waals surface area contributed by atoms with Crippen LogP contribution in [0.5, 0.6) is 0 Å². The summed E-state index contributed by atoms with van der Waals surface area (Å²) in [5.41, 5.74) is 2.08. The van der Waals surface area contributed by atoms with E-state index in [-0.39, 0.29) is 51.2 Å². The van der Waals surface area contributed by atoms with Gasteiger partial charge in [-0.2, -0.15) is 0 Å². The number of esters is 3. The van der Waals surface area contributed by atoms with Crippen molar-refractivity contribution >= 4 is 24.1 Å². The molecule has 0 aliphatic carbocycles. The second-order valence-corrected chi connectivity index (χ2v) is 21.0. The van der Waals surface area contributed by atoms with Crippen LogP contribution in [0.2, 0.25) is 0 Å². The molecule has 0 heterocycles. The molecule has 0 fully saturated rings. The molecule has 0 aliphatic rings. The number of hydrogen-bond acceptors (Lipinski definition) is 12. The zero-order chi connectivity index (χ0) is 58.1. The first-order chi connectivity index (χ1) is 38.7. The molecular weight excluding hydrogens is 995 g/mol. The predicted octanol–water partition coefficient (Wildman–Crippen LogP) is 18.5. The zero-order valence-corrected chi connectivity index (χ0v) is 52.0. The van der Waals surface area contributed by atoms with Crippen molar-refractivity contribution in [2.24, 2.45) is 0 Å². The zero-order valence-electron chi connectivity index (χ0n) is 52.0. The van der Waals surface area contributed by atoms with Crippen molar-refractivity contribution in [3.05, 3.63) is 59.2 Å². The Balaban J connectivity index is 0.0000300. The SMILES string of the molecule is CC.CCCCC/C=C\C/C=C\CCCCCCCC(=O)OCc1cc(COC(=O)CCC(CCCCCC)OC(=O)OCCCN(CC)CC)cc(COC(=O)CCC(OCCCCCCCC)OCCCCCCCC)c1. The number of unbranched alkanes of at least 4 members (excludes halogenated alkanes) is 21. The molecule has 458 valence electrons. The summed E-state index contributed by atoms with van der Waals surface area (Å²) in [5.74, 6) is -1.05. The molecule has 0 saturated carbocycles. The van der Waals surface area contributed by atoms with E-state index in [1.165, 1.54) is 77.0 Å². The fourth-order valence-corrected chi connectivity index (χ4v) is 9.02. The molecule has 0 aliphatic heterocycles. The molecular formula is C67H119NO11. The molecule has 12 heteroatoms. The average Bonchev–Trinajstić information content (AvgIpc) is 3.46. The lowest BCUT2D eigenvalue weighted by Gasteiger charge is -2.19. The summed E-state index contributed by atoms with van der Waals surface area (Å²) in [5, 5.41) is 0. The van der Waals surface area contributed by atoms with Crippen LogP contribution in [-0.2, 0) is 67.4 Å². The topological polar surface area (TPSA) is 136 Å². The third-order valence-corrected chi connectivity index (χ3v) is 13.9. The van der Waals surface area contributed by atoms with Crippen LogP contribution < -0.4 is 0 Å². The second-order valence-electron chi connectivity index (χ2n) is 21.0. The van der Waals surface area contributed by atoms with Gasteiger partial charge in [0, 0.05) is 39.0 Å². The van der Waals surface area contributed by atoms with Crippen LogP contribution in [0.4, 0.5) is 4.79 Å². The van der Waals surface area contributed by atoms with E-state index in [0.29, 0.717) is 55.6 Å². The Morgan fingerprint density at radius 2 is 0.848 bits per heavy atom. The molecule has 1 rings (SSSR count). The molecule has 12 nitrogen and oxygen atoms in total. The Bertz CT molecular complexity index is 1610. The van der Waals surface area contributed by atoms with Gasteiger partial charge < -0.3 is 38.1 Å². The summed E-state index contributed by atoms with van der Waals surface area (Å²) >= 11 is 0. The number of allylic oxidation sites excluding steroid dienone is 4. The van der Waals surface area contributed by atoms with Crippen LogP contribution >= 0.6 is 0 Å². The van der Waals surface area contributed by atoms with Gasteiger partial charge in [0.25, 0.3) is 0 Å². The number of carbonyl (C=O) groups excluding carboxylic acids is 4. The third-order valence-electron chi connectivity index (χ3n) is 13.9. The first-order valence-corrected chi connectivity index (χ1v) is 32.3. The molecule has 1 aromatic carbocycles. The Kier molecular flexibility index (Phi) is 54.8. The summed E-state index contributed by atoms with van der Waals surface area (Å²) in [6.45, 7) is 21.3. The van der Waals surface area contributed by atoms with Gasteiger partial charge in [-0.1, -0.05) is 195 Å². The van der Waals surface area contributed by atoms with E-state index in [4.69, 9.17) is 33.2 Å². The van der Waals surface area contributed by atoms with E-state index in [9.17, 15) is 19.2 Å². The summed E-state index contributed by atoms with van der Waals surface area (Å²) in [4.78, 5) is 54.3. The third kappa shape index (κ3) is 48.7. The molecule has 1 aromatic rings. The number of benzene rings is 1. The molecule has 0 radical (unpaired) electrons. The molecule has 0 bridgehead atoms. The highest BCUT2D eigenvalue weighted by Gasteiger charge is 2.19. The molecule has 0 aromatic heterocycles. The van der Waals surface area contributed by atoms with Gasteiger partial charge >= 0.3 is 24.1 Å². The van der Waals surface area contributed by atoms with Crippen LogP contribution in [-0.4, -0.2) is 80.8 Å². The molecule has 0 amide bonds. The van der Waals surface area contributed by atoms with E-state index in [2.05, 4.69) is 70.7 Å². The fraction of sp³-hybridized carbons (Fsp3) is 0.791. The van der Waals surface area contributed by atoms with Crippen LogP contribution in [0.3, 0.4) is 0 Å². The average molecular weight is 1110 g/mol. The molecule has 0 N–H and O–H groups in total. The molecule has 1 atom stereocenters. The van der Waals surface area contributed by atoms with E-state index < -0.39 is 24.5 Å². The van der Waals surface area contributed by atoms with Crippen molar-refractivity contribution in [3.63, 3.8) is 0 Å². The van der Waals surface area contributed by atoms with Crippen molar-refractivity contribution < 1.29 is 52.3 Å². The Morgan fingerprint density at radius 1 is 0.430 bits per heavy atom. The highest BCUT2D eigenvalue weighted by molar-refractivity contribution is 5.70. The lowest BCUT2D eigenvalue weighted by atomic mass is 10.1. The monoisotopic (exact) mass is 1110 g/mol. The normalized spacial score (nSPS) is 11.8. The van der Waals surface area contributed by atoms with Crippen LogP contribution in [0.15, 0.2) is 42.5 Å². The van der Waals surface area contributed by atoms with Gasteiger partial charge in [-0.3, -0.25) is 14.4 Å². The van der Waals surface area contributed by atoms with Crippen LogP contribution in [0.1, 0.15) is 290 Å². The van der Waals surface area contributed by atoms with Gasteiger partial charge in [-0.25, -0.2) is 4.79 Å². The summed E-state index contributed by atoms with van der Waals surface area (Å²) in [7, 11) is 0. The smallest absolute Gasteiger partial charge is 0.461 e. The summed E-state index contributed by atoms with van der Waals surface area (Å²) in [6, 6.07) is 5.57. The van der Waals surface area contributed by atoms with E-state index in [1.54, 1.807) is 0 Å². The predicted molar refractivity (Wildman–Crippen MR) is 325 cm³/mol. The van der Waals surface area contributed by atoms with Gasteiger partial charge in [0.15, 0.2) is 6.29 Å². The summed E-state index contributed by atoms with van der Waals surface area (Å²) in [6.07, 6.45) is 40.3. The number of rotatable bonds is 54. The number of ether oxygens (including phenoxy) is 7. The Labute approximate surface area is 484 Å². The number of hydrogen-bond donors (Lipinski definition) is 0. The lowest BCUT2D eigenvalue weighted by Crippen LogP contribution is -2.26. The van der Waals surface area contributed by atoms with Gasteiger partial charge in [-0.15, -0.1) is 0 Å². The first-order valence-electron chi connectivity index (χ1n) is 32.3. The van der Waals surface area contributed by atoms with Crippen molar-refractivity contribution in [3.8, 4) is 0 Å². The maximum atomic E-state index is 13.2. The minimum Gasteiger partial charge on any atom is -0.461 e. The quantitative estimate of drug-likeness (QED) is 0.0202. The van der Waals surface area contributed by atoms with Gasteiger partial charge in [0.2, 0.25) is 0 Å². The second kappa shape index (κ2) is 57.5. The number of nitrogens with zero attached hydrogens (tertiary/aromatic N) is 1. The standard InChI is InChI=1S/C65H113NO11.C2H6/c1-7-13-17-21-24-25-26-27-28-29-30-31-32-33-37-42-61(67)74-54-57-51-58(55-75-62(68)44-43-60(41-36-20-16-10-4)77-65(70)73-50-40-47-66(11-5)12-6)53-59(52-57)56-76-63(69)45-46-64(71-48-38-34-22-18-14-8-2)72-49-39-35-23-19-15-9-3;1-2/h24-25,27-28,51-53,60,64H,7-23,26,29-50,54-56H2,1-6H3;1-2H3/b25-24-,28-27-;. The van der Waals surface area contributed by atoms with E-state index >= 15 is 0 Å². The van der Waals surface area contributed by atoms with E-state index in [1.807, 2.05) is 32.0 Å². The maximum absolute atomic E-state index is 13.2. The molecule has 1 unspecified atom stereocenters. The maximum Gasteiger partial charge on any atom is 0.508 e. The van der Waals surface area contributed by atoms with Crippen LogP contribution in [0.25, 0.3) is 0 Å². The Hall–Kier alpha value is -3.74. The van der Waals surface area contributed by atoms with Gasteiger partial charge in [0.05, 0.1) is 13.0 Å². The van der Waals surface area contributed by atoms with E-state index in [0.717, 1.165) is 122 Å². The minimum absolute atomic E-state index is 0.00194. The Morgan fingerprint density at radius 3 is 1.35 bits per heavy atom. The van der Waals surface area contributed by atoms with Crippen LogP contribution in [0, 0.1) is 0 Å². The van der Waals surface area contributed by atoms with Gasteiger partial charge in [0.1, 0.15) is 25.9 Å². The lowest BCUT2D eigenvalue weighted by molar-refractivity contribution is -0.160. The van der Waals surface area contributed by atoms with Crippen molar-refractivity contribution in [1.82, 2.24) is 4.90 Å².